The maximum atomic E-state index is 12.2. The van der Waals surface area contributed by atoms with E-state index < -0.39 is 87.9 Å². The summed E-state index contributed by atoms with van der Waals surface area (Å²) in [6, 6.07) is 9.27. The Balaban J connectivity index is 2.06. The summed E-state index contributed by atoms with van der Waals surface area (Å²) in [7, 11) is -10.4. The number of rotatable bonds is 7. The molecule has 0 aliphatic rings. The molecular formula is C22H14AsBr3N4O11S2. The molecule has 15 nitrogen and oxygen atoms in total. The van der Waals surface area contributed by atoms with Crippen molar-refractivity contribution in [1.29, 1.82) is 0 Å². The molecular weight excluding hydrogens is 875 g/mol. The number of nitrogens with zero attached hydrogens (tertiary/aromatic N) is 4. The zero-order chi connectivity index (χ0) is 32.1. The van der Waals surface area contributed by atoms with E-state index in [1.54, 1.807) is 12.1 Å². The summed E-state index contributed by atoms with van der Waals surface area (Å²) in [5.74, 6) is -2.26. The molecule has 226 valence electrons. The van der Waals surface area contributed by atoms with Crippen molar-refractivity contribution in [3.63, 3.8) is 0 Å². The Morgan fingerprint density at radius 2 is 1.12 bits per heavy atom. The number of aromatic hydroxyl groups is 2. The molecule has 43 heavy (non-hydrogen) atoms. The van der Waals surface area contributed by atoms with Gasteiger partial charge in [-0.1, -0.05) is 15.9 Å². The van der Waals surface area contributed by atoms with Gasteiger partial charge in [0, 0.05) is 13.4 Å². The van der Waals surface area contributed by atoms with Crippen molar-refractivity contribution in [2.75, 3.05) is 0 Å². The van der Waals surface area contributed by atoms with Crippen molar-refractivity contribution in [3.05, 3.63) is 61.9 Å². The molecule has 0 atom stereocenters. The third-order valence-corrected chi connectivity index (χ3v) is 11.0. The number of benzene rings is 4. The van der Waals surface area contributed by atoms with Crippen LogP contribution in [0.2, 0.25) is 0 Å². The summed E-state index contributed by atoms with van der Waals surface area (Å²) in [4.78, 5) is -2.17. The fourth-order valence-corrected chi connectivity index (χ4v) is 8.87. The Morgan fingerprint density at radius 1 is 0.674 bits per heavy atom. The van der Waals surface area contributed by atoms with Gasteiger partial charge in [0.2, 0.25) is 0 Å². The summed E-state index contributed by atoms with van der Waals surface area (Å²) >= 11 is 4.21. The molecule has 0 radical (unpaired) electrons. The quantitative estimate of drug-likeness (QED) is 0.0776. The Labute approximate surface area is 269 Å². The number of halogens is 3. The van der Waals surface area contributed by atoms with Gasteiger partial charge in [-0.3, -0.25) is 0 Å². The minimum absolute atomic E-state index is 0.120. The first-order valence-corrected chi connectivity index (χ1v) is 19.6. The molecule has 0 aliphatic carbocycles. The molecule has 21 heteroatoms. The second-order valence-corrected chi connectivity index (χ2v) is 17.0. The first-order valence-electron chi connectivity index (χ1n) is 10.9. The average molecular weight is 889 g/mol. The van der Waals surface area contributed by atoms with Gasteiger partial charge >= 0.3 is 199 Å². The summed E-state index contributed by atoms with van der Waals surface area (Å²) < 4.78 is 101. The third kappa shape index (κ3) is 7.08. The summed E-state index contributed by atoms with van der Waals surface area (Å²) in [5.41, 5.74) is -2.14. The van der Waals surface area contributed by atoms with E-state index in [4.69, 9.17) is 0 Å². The van der Waals surface area contributed by atoms with Crippen LogP contribution in [0.15, 0.2) is 92.2 Å². The van der Waals surface area contributed by atoms with Crippen LogP contribution in [0.4, 0.5) is 22.7 Å². The SMILES string of the molecule is O=S(=O)(O)c1cc2cc(S(=O)(=O)O)c(N=Nc3c(Br)cc(Br)cc3Br)c(O)c2c(O)c1N=Nc1ccccc1[As](=O)(O)O. The van der Waals surface area contributed by atoms with Gasteiger partial charge in [-0.05, 0) is 44.0 Å². The number of hydrogen-bond donors (Lipinski definition) is 6. The Kier molecular flexibility index (Phi) is 9.40. The Morgan fingerprint density at radius 3 is 1.58 bits per heavy atom. The van der Waals surface area contributed by atoms with Crippen molar-refractivity contribution in [3.8, 4) is 11.5 Å². The van der Waals surface area contributed by atoms with Gasteiger partial charge in [-0.25, -0.2) is 0 Å². The van der Waals surface area contributed by atoms with Crippen LogP contribution in [0.25, 0.3) is 10.8 Å². The second-order valence-electron chi connectivity index (χ2n) is 8.34. The van der Waals surface area contributed by atoms with E-state index in [0.29, 0.717) is 25.6 Å². The van der Waals surface area contributed by atoms with Crippen molar-refractivity contribution >= 4 is 120 Å². The number of azo groups is 2. The van der Waals surface area contributed by atoms with Crippen LogP contribution in [0, 0.1) is 0 Å². The molecule has 0 aromatic heterocycles. The van der Waals surface area contributed by atoms with Crippen LogP contribution in [0.3, 0.4) is 0 Å². The molecule has 0 amide bonds. The van der Waals surface area contributed by atoms with Gasteiger partial charge in [0.25, 0.3) is 0 Å². The molecule has 0 bridgehead atoms. The van der Waals surface area contributed by atoms with Crippen molar-refractivity contribution in [2.45, 2.75) is 9.79 Å². The minimum atomic E-state index is -5.57. The zero-order valence-electron chi connectivity index (χ0n) is 20.5. The Hall–Kier alpha value is -2.52. The van der Waals surface area contributed by atoms with Gasteiger partial charge in [0.15, 0.2) is 0 Å². The molecule has 0 spiro atoms. The van der Waals surface area contributed by atoms with Crippen molar-refractivity contribution in [2.24, 2.45) is 20.5 Å². The second kappa shape index (κ2) is 12.1. The fourth-order valence-electron chi connectivity index (χ4n) is 3.68. The van der Waals surface area contributed by atoms with Crippen LogP contribution >= 0.6 is 47.8 Å². The van der Waals surface area contributed by atoms with Crippen LogP contribution in [0.5, 0.6) is 11.5 Å². The van der Waals surface area contributed by atoms with Crippen molar-refractivity contribution < 1.29 is 48.1 Å². The van der Waals surface area contributed by atoms with E-state index in [1.165, 1.54) is 12.1 Å². The van der Waals surface area contributed by atoms with Gasteiger partial charge in [-0.15, -0.1) is 0 Å². The van der Waals surface area contributed by atoms with Crippen LogP contribution in [0.1, 0.15) is 0 Å². The van der Waals surface area contributed by atoms with E-state index in [9.17, 15) is 48.1 Å². The van der Waals surface area contributed by atoms with Crippen LogP contribution in [-0.4, -0.2) is 58.5 Å². The molecule has 4 rings (SSSR count). The Bertz CT molecular complexity index is 2130. The van der Waals surface area contributed by atoms with Crippen molar-refractivity contribution in [1.82, 2.24) is 0 Å². The third-order valence-electron chi connectivity index (χ3n) is 5.49. The van der Waals surface area contributed by atoms with E-state index in [0.717, 1.165) is 12.1 Å². The fraction of sp³-hybridized carbons (Fsp3) is 0. The number of fused-ring (bicyclic) bond motifs is 1. The molecule has 0 heterocycles. The van der Waals surface area contributed by atoms with Gasteiger partial charge in [0.05, 0.1) is 0 Å². The van der Waals surface area contributed by atoms with E-state index in [1.807, 2.05) is 0 Å². The monoisotopic (exact) mass is 886 g/mol. The predicted octanol–water partition coefficient (Wildman–Crippen LogP) is 5.42. The first-order chi connectivity index (χ1) is 19.8. The van der Waals surface area contributed by atoms with Crippen LogP contribution in [-0.2, 0) is 24.0 Å². The summed E-state index contributed by atoms with van der Waals surface area (Å²) in [5, 5.41) is 35.9. The normalized spacial score (nSPS) is 13.0. The first kappa shape index (κ1) is 33.4. The molecule has 6 N–H and O–H groups in total. The van der Waals surface area contributed by atoms with Gasteiger partial charge in [0.1, 0.15) is 0 Å². The van der Waals surface area contributed by atoms with Gasteiger partial charge < -0.3 is 0 Å². The molecule has 0 saturated carbocycles. The topological polar surface area (TPSA) is 256 Å². The molecule has 4 aromatic carbocycles. The zero-order valence-corrected chi connectivity index (χ0v) is 28.8. The average Bonchev–Trinajstić information content (AvgIpc) is 2.86. The number of hydrogen-bond acceptors (Lipinski definition) is 11. The van der Waals surface area contributed by atoms with E-state index in [2.05, 4.69) is 68.2 Å². The number of phenols is 2. The summed E-state index contributed by atoms with van der Waals surface area (Å²) in [6.07, 6.45) is 0. The molecule has 0 aliphatic heterocycles. The molecule has 0 unspecified atom stereocenters. The number of phenolic OH excluding ortho intramolecular Hbond substituents is 2. The standard InChI is InChI=1S/C22H14AsBr3N4O11S2/c24-10-7-12(25)18(13(26)8-10)28-30-20-16(43(39,40)41)6-9-5-15(42(36,37)38)19(21(31)17(9)22(20)32)29-27-14-4-2-1-3-11(14)23(33,34)35/h1-8,31-32H,(H2,33,34,35)(H,36,37,38)(H,39,40,41). The van der Waals surface area contributed by atoms with Crippen LogP contribution < -0.4 is 4.35 Å². The molecule has 0 fully saturated rings. The summed E-state index contributed by atoms with van der Waals surface area (Å²) in [6.45, 7) is 0. The molecule has 0 saturated heterocycles. The maximum absolute atomic E-state index is 12.2. The molecule has 4 aromatic rings. The van der Waals surface area contributed by atoms with E-state index in [-0.39, 0.29) is 5.69 Å². The predicted molar refractivity (Wildman–Crippen MR) is 162 cm³/mol. The van der Waals surface area contributed by atoms with Gasteiger partial charge in [-0.2, -0.15) is 0 Å². The van der Waals surface area contributed by atoms with E-state index >= 15 is 0 Å².